The number of aryl methyl sites for hydroxylation is 1. The topological polar surface area (TPSA) is 86.3 Å². The zero-order valence-electron chi connectivity index (χ0n) is 14.0. The van der Waals surface area contributed by atoms with Crippen LogP contribution in [-0.2, 0) is 22.5 Å². The van der Waals surface area contributed by atoms with Gasteiger partial charge in [0.2, 0.25) is 11.8 Å². The van der Waals surface area contributed by atoms with Crippen LogP contribution >= 0.6 is 0 Å². The first-order valence-electron chi connectivity index (χ1n) is 7.55. The fourth-order valence-corrected chi connectivity index (χ4v) is 2.30. The van der Waals surface area contributed by atoms with E-state index in [0.717, 1.165) is 5.82 Å². The zero-order chi connectivity index (χ0) is 16.8. The van der Waals surface area contributed by atoms with Gasteiger partial charge in [-0.15, -0.1) is 0 Å². The Balaban J connectivity index is 1.87. The lowest BCUT2D eigenvalue weighted by Crippen LogP contribution is -2.28. The summed E-state index contributed by atoms with van der Waals surface area (Å²) in [5.74, 6) is 1.93. The molecule has 8 nitrogen and oxygen atoms in total. The van der Waals surface area contributed by atoms with Crippen LogP contribution in [0.1, 0.15) is 36.9 Å². The number of rotatable bonds is 8. The molecule has 126 valence electrons. The van der Waals surface area contributed by atoms with Crippen LogP contribution in [0.3, 0.4) is 0 Å². The largest absolute Gasteiger partial charge is 0.384 e. The Morgan fingerprint density at radius 2 is 2.30 bits per heavy atom. The average molecular weight is 321 g/mol. The maximum atomic E-state index is 12.3. The van der Waals surface area contributed by atoms with Crippen molar-refractivity contribution in [2.75, 3.05) is 20.8 Å². The number of methoxy groups -OCH3 is 1. The van der Waals surface area contributed by atoms with E-state index in [-0.39, 0.29) is 11.9 Å². The van der Waals surface area contributed by atoms with Crippen molar-refractivity contribution in [2.45, 2.75) is 39.3 Å². The SMILES string of the molecule is COCCc1noc(CN(C)C(=O)C[C@@H](C)n2ccnc2C)n1. The molecular formula is C15H23N5O3. The number of amides is 1. The van der Waals surface area contributed by atoms with E-state index in [4.69, 9.17) is 9.26 Å². The van der Waals surface area contributed by atoms with Crippen LogP contribution in [0.2, 0.25) is 0 Å². The number of hydrogen-bond donors (Lipinski definition) is 0. The van der Waals surface area contributed by atoms with Crippen LogP contribution in [0.5, 0.6) is 0 Å². The second-order valence-corrected chi connectivity index (χ2v) is 5.53. The minimum absolute atomic E-state index is 0.0160. The zero-order valence-corrected chi connectivity index (χ0v) is 14.0. The smallest absolute Gasteiger partial charge is 0.246 e. The summed E-state index contributed by atoms with van der Waals surface area (Å²) >= 11 is 0. The molecular weight excluding hydrogens is 298 g/mol. The normalized spacial score (nSPS) is 12.3. The summed E-state index contributed by atoms with van der Waals surface area (Å²) < 4.78 is 12.1. The van der Waals surface area contributed by atoms with Crippen molar-refractivity contribution in [1.82, 2.24) is 24.6 Å². The van der Waals surface area contributed by atoms with Crippen LogP contribution in [0, 0.1) is 6.92 Å². The number of carbonyl (C=O) groups excluding carboxylic acids is 1. The molecule has 0 aromatic carbocycles. The molecule has 0 spiro atoms. The number of ether oxygens (including phenoxy) is 1. The molecule has 0 N–H and O–H groups in total. The average Bonchev–Trinajstić information content (AvgIpc) is 3.13. The van der Waals surface area contributed by atoms with Crippen molar-refractivity contribution in [3.63, 3.8) is 0 Å². The lowest BCUT2D eigenvalue weighted by Gasteiger charge is -2.19. The van der Waals surface area contributed by atoms with E-state index in [1.807, 2.05) is 24.6 Å². The summed E-state index contributed by atoms with van der Waals surface area (Å²) in [5, 5.41) is 3.86. The van der Waals surface area contributed by atoms with Crippen molar-refractivity contribution < 1.29 is 14.1 Å². The molecule has 0 aliphatic carbocycles. The van der Waals surface area contributed by atoms with E-state index in [1.54, 1.807) is 25.3 Å². The fraction of sp³-hybridized carbons (Fsp3) is 0.600. The highest BCUT2D eigenvalue weighted by atomic mass is 16.5. The number of nitrogens with zero attached hydrogens (tertiary/aromatic N) is 5. The highest BCUT2D eigenvalue weighted by Crippen LogP contribution is 2.15. The minimum Gasteiger partial charge on any atom is -0.384 e. The first-order chi connectivity index (χ1) is 11.0. The minimum atomic E-state index is 0.0160. The number of aromatic nitrogens is 4. The molecule has 0 saturated heterocycles. The Morgan fingerprint density at radius 3 is 2.96 bits per heavy atom. The maximum Gasteiger partial charge on any atom is 0.246 e. The Hall–Kier alpha value is -2.22. The Labute approximate surface area is 135 Å². The Morgan fingerprint density at radius 1 is 1.52 bits per heavy atom. The van der Waals surface area contributed by atoms with E-state index in [0.29, 0.717) is 37.7 Å². The van der Waals surface area contributed by atoms with Gasteiger partial charge >= 0.3 is 0 Å². The third-order valence-corrected chi connectivity index (χ3v) is 3.65. The van der Waals surface area contributed by atoms with Gasteiger partial charge in [-0.2, -0.15) is 4.98 Å². The number of hydrogen-bond acceptors (Lipinski definition) is 6. The van der Waals surface area contributed by atoms with Crippen LogP contribution in [0.4, 0.5) is 0 Å². The molecule has 23 heavy (non-hydrogen) atoms. The Kier molecular flexibility index (Phi) is 5.86. The second-order valence-electron chi connectivity index (χ2n) is 5.53. The number of carbonyl (C=O) groups is 1. The molecule has 2 heterocycles. The van der Waals surface area contributed by atoms with Crippen molar-refractivity contribution in [1.29, 1.82) is 0 Å². The molecule has 0 bridgehead atoms. The summed E-state index contributed by atoms with van der Waals surface area (Å²) in [7, 11) is 3.35. The molecule has 8 heteroatoms. The molecule has 0 aliphatic heterocycles. The van der Waals surface area contributed by atoms with E-state index in [2.05, 4.69) is 15.1 Å². The summed E-state index contributed by atoms with van der Waals surface area (Å²) in [4.78, 5) is 22.3. The van der Waals surface area contributed by atoms with E-state index < -0.39 is 0 Å². The predicted molar refractivity (Wildman–Crippen MR) is 82.6 cm³/mol. The fourth-order valence-electron chi connectivity index (χ4n) is 2.30. The van der Waals surface area contributed by atoms with Gasteiger partial charge in [-0.25, -0.2) is 4.98 Å². The van der Waals surface area contributed by atoms with Gasteiger partial charge in [-0.1, -0.05) is 5.16 Å². The molecule has 0 saturated carbocycles. The summed E-state index contributed by atoms with van der Waals surface area (Å²) in [6, 6.07) is 0.0485. The van der Waals surface area contributed by atoms with Gasteiger partial charge in [-0.3, -0.25) is 4.79 Å². The van der Waals surface area contributed by atoms with Gasteiger partial charge in [0, 0.05) is 45.4 Å². The van der Waals surface area contributed by atoms with Crippen LogP contribution in [0.25, 0.3) is 0 Å². The molecule has 1 atom stereocenters. The van der Waals surface area contributed by atoms with Crippen molar-refractivity contribution in [3.8, 4) is 0 Å². The molecule has 0 radical (unpaired) electrons. The van der Waals surface area contributed by atoms with Crippen molar-refractivity contribution >= 4 is 5.91 Å². The van der Waals surface area contributed by atoms with E-state index >= 15 is 0 Å². The van der Waals surface area contributed by atoms with Gasteiger partial charge < -0.3 is 18.7 Å². The first kappa shape index (κ1) is 17.1. The highest BCUT2D eigenvalue weighted by Gasteiger charge is 2.18. The molecule has 0 unspecified atom stereocenters. The quantitative estimate of drug-likeness (QED) is 0.730. The van der Waals surface area contributed by atoms with Crippen molar-refractivity contribution in [3.05, 3.63) is 29.9 Å². The van der Waals surface area contributed by atoms with Gasteiger partial charge in [0.05, 0.1) is 13.2 Å². The standard InChI is InChI=1S/C15H23N5O3/c1-11(20-7-6-16-12(20)2)9-15(21)19(3)10-14-17-13(18-23-14)5-8-22-4/h6-7,11H,5,8-10H2,1-4H3/t11-/m1/s1. The van der Waals surface area contributed by atoms with Crippen LogP contribution in [0.15, 0.2) is 16.9 Å². The van der Waals surface area contributed by atoms with Gasteiger partial charge in [0.25, 0.3) is 0 Å². The van der Waals surface area contributed by atoms with E-state index in [1.165, 1.54) is 0 Å². The monoisotopic (exact) mass is 321 g/mol. The second kappa shape index (κ2) is 7.87. The van der Waals surface area contributed by atoms with Crippen LogP contribution in [-0.4, -0.2) is 51.3 Å². The summed E-state index contributed by atoms with van der Waals surface area (Å²) in [5.41, 5.74) is 0. The highest BCUT2D eigenvalue weighted by molar-refractivity contribution is 5.76. The van der Waals surface area contributed by atoms with Gasteiger partial charge in [0.1, 0.15) is 5.82 Å². The van der Waals surface area contributed by atoms with Gasteiger partial charge in [0.15, 0.2) is 5.82 Å². The molecule has 2 rings (SSSR count). The molecule has 1 amide bonds. The first-order valence-corrected chi connectivity index (χ1v) is 7.55. The summed E-state index contributed by atoms with van der Waals surface area (Å²) in [6.07, 6.45) is 4.60. The summed E-state index contributed by atoms with van der Waals surface area (Å²) in [6.45, 7) is 4.75. The van der Waals surface area contributed by atoms with Crippen LogP contribution < -0.4 is 0 Å². The molecule has 2 aromatic heterocycles. The number of imidazole rings is 1. The lowest BCUT2D eigenvalue weighted by atomic mass is 10.2. The molecule has 0 fully saturated rings. The molecule has 2 aromatic rings. The third-order valence-electron chi connectivity index (χ3n) is 3.65. The lowest BCUT2D eigenvalue weighted by molar-refractivity contribution is -0.131. The van der Waals surface area contributed by atoms with Gasteiger partial charge in [-0.05, 0) is 13.8 Å². The molecule has 0 aliphatic rings. The van der Waals surface area contributed by atoms with Crippen molar-refractivity contribution in [2.24, 2.45) is 0 Å². The predicted octanol–water partition coefficient (Wildman–Crippen LogP) is 1.37. The maximum absolute atomic E-state index is 12.3. The third kappa shape index (κ3) is 4.62. The Bertz CT molecular complexity index is 637. The van der Waals surface area contributed by atoms with E-state index in [9.17, 15) is 4.79 Å².